The highest BCUT2D eigenvalue weighted by Gasteiger charge is 2.35. The Morgan fingerprint density at radius 1 is 1.21 bits per heavy atom. The molecular formula is C18H27N7O3. The van der Waals surface area contributed by atoms with Gasteiger partial charge >= 0.3 is 5.97 Å². The van der Waals surface area contributed by atoms with Crippen molar-refractivity contribution < 1.29 is 9.53 Å². The number of fused-ring (bicyclic) bond motifs is 1. The number of imidazole rings is 1. The molecule has 0 spiro atoms. The van der Waals surface area contributed by atoms with Crippen LogP contribution < -0.4 is 20.7 Å². The fraction of sp³-hybridized carbons (Fsp3) is 0.667. The highest BCUT2D eigenvalue weighted by atomic mass is 16.5. The quantitative estimate of drug-likeness (QED) is 0.712. The molecule has 0 aromatic carbocycles. The molecule has 10 heteroatoms. The molecule has 2 fully saturated rings. The third kappa shape index (κ3) is 2.92. The number of nitrogens with one attached hydrogen (secondary N) is 1. The lowest BCUT2D eigenvalue weighted by atomic mass is 10.2. The number of hydrogen-bond acceptors (Lipinski definition) is 8. The molecule has 2 aromatic heterocycles. The highest BCUT2D eigenvalue weighted by molar-refractivity contribution is 5.81. The first-order valence-corrected chi connectivity index (χ1v) is 9.84. The third-order valence-electron chi connectivity index (χ3n) is 5.64. The Labute approximate surface area is 163 Å². The number of rotatable bonds is 4. The fourth-order valence-corrected chi connectivity index (χ4v) is 4.19. The van der Waals surface area contributed by atoms with Gasteiger partial charge in [0.15, 0.2) is 11.2 Å². The van der Waals surface area contributed by atoms with Crippen LogP contribution in [0, 0.1) is 0 Å². The first-order valence-electron chi connectivity index (χ1n) is 9.84. The van der Waals surface area contributed by atoms with Crippen LogP contribution in [0.4, 0.5) is 11.9 Å². The molecule has 1 unspecified atom stereocenters. The predicted octanol–water partition coefficient (Wildman–Crippen LogP) is -0.299. The van der Waals surface area contributed by atoms with E-state index in [-0.39, 0.29) is 11.5 Å². The highest BCUT2D eigenvalue weighted by Crippen LogP contribution is 2.26. The molecule has 1 atom stereocenters. The summed E-state index contributed by atoms with van der Waals surface area (Å²) in [6.07, 6.45) is 1.54. The van der Waals surface area contributed by atoms with E-state index in [9.17, 15) is 9.59 Å². The van der Waals surface area contributed by atoms with E-state index in [0.717, 1.165) is 38.5 Å². The number of esters is 1. The van der Waals surface area contributed by atoms with Gasteiger partial charge in [-0.25, -0.2) is 4.79 Å². The average Bonchev–Trinajstić information content (AvgIpc) is 3.35. The summed E-state index contributed by atoms with van der Waals surface area (Å²) in [6, 6.07) is -0.415. The molecule has 2 aliphatic rings. The molecule has 152 valence electrons. The van der Waals surface area contributed by atoms with Crippen LogP contribution in [0.1, 0.15) is 19.8 Å². The number of piperazine rings is 1. The molecule has 0 saturated carbocycles. The normalized spacial score (nSPS) is 20.2. The van der Waals surface area contributed by atoms with Crippen molar-refractivity contribution in [1.82, 2.24) is 24.4 Å². The van der Waals surface area contributed by atoms with Crippen LogP contribution >= 0.6 is 0 Å². The van der Waals surface area contributed by atoms with Gasteiger partial charge in [0.1, 0.15) is 6.04 Å². The second kappa shape index (κ2) is 7.42. The summed E-state index contributed by atoms with van der Waals surface area (Å²) in [5, 5.41) is 3.33. The van der Waals surface area contributed by atoms with Crippen molar-refractivity contribution in [3.05, 3.63) is 10.4 Å². The van der Waals surface area contributed by atoms with Gasteiger partial charge in [0, 0.05) is 46.3 Å². The molecule has 1 N–H and O–H groups in total. The summed E-state index contributed by atoms with van der Waals surface area (Å²) >= 11 is 0. The Morgan fingerprint density at radius 2 is 1.93 bits per heavy atom. The van der Waals surface area contributed by atoms with Crippen LogP contribution in [0.25, 0.3) is 11.2 Å². The number of aromatic nitrogens is 4. The van der Waals surface area contributed by atoms with E-state index < -0.39 is 6.04 Å². The first-order chi connectivity index (χ1) is 13.6. The van der Waals surface area contributed by atoms with Crippen LogP contribution in [0.15, 0.2) is 4.79 Å². The SMILES string of the molecule is CCn1c(N2CCNCC2)nc2nc(N3CCCC3C(=O)OC)n(C)c(=O)c21. The summed E-state index contributed by atoms with van der Waals surface area (Å²) in [6.45, 7) is 6.76. The zero-order chi connectivity index (χ0) is 19.8. The topological polar surface area (TPSA) is 97.5 Å². The Morgan fingerprint density at radius 3 is 2.61 bits per heavy atom. The molecule has 4 rings (SSSR count). The second-order valence-corrected chi connectivity index (χ2v) is 7.22. The number of nitrogens with zero attached hydrogens (tertiary/aromatic N) is 6. The number of carbonyl (C=O) groups is 1. The summed E-state index contributed by atoms with van der Waals surface area (Å²) in [7, 11) is 3.09. The van der Waals surface area contributed by atoms with Gasteiger partial charge < -0.3 is 24.4 Å². The van der Waals surface area contributed by atoms with Crippen molar-refractivity contribution in [1.29, 1.82) is 0 Å². The molecule has 2 aromatic rings. The summed E-state index contributed by atoms with van der Waals surface area (Å²) < 4.78 is 8.41. The van der Waals surface area contributed by atoms with E-state index in [2.05, 4.69) is 10.2 Å². The molecule has 10 nitrogen and oxygen atoms in total. The Hall–Kier alpha value is -2.62. The number of methoxy groups -OCH3 is 1. The minimum absolute atomic E-state index is 0.147. The standard InChI is InChI=1S/C18H27N7O3/c1-4-24-13-14(21-18(24)23-10-7-19-8-11-23)20-17(22(2)15(13)26)25-9-5-6-12(25)16(27)28-3/h12,19H,4-11H2,1-3H3. The fourth-order valence-electron chi connectivity index (χ4n) is 4.19. The number of aryl methyl sites for hydroxylation is 1. The molecular weight excluding hydrogens is 362 g/mol. The van der Waals surface area contributed by atoms with Crippen LogP contribution in [0.2, 0.25) is 0 Å². The van der Waals surface area contributed by atoms with Crippen LogP contribution in [-0.2, 0) is 23.1 Å². The Balaban J connectivity index is 1.83. The lowest BCUT2D eigenvalue weighted by Crippen LogP contribution is -2.44. The minimum Gasteiger partial charge on any atom is -0.467 e. The monoisotopic (exact) mass is 389 g/mol. The maximum atomic E-state index is 13.2. The predicted molar refractivity (Wildman–Crippen MR) is 106 cm³/mol. The van der Waals surface area contributed by atoms with E-state index in [1.807, 2.05) is 16.4 Å². The van der Waals surface area contributed by atoms with Crippen LogP contribution in [0.5, 0.6) is 0 Å². The molecule has 0 radical (unpaired) electrons. The van der Waals surface area contributed by atoms with E-state index >= 15 is 0 Å². The van der Waals surface area contributed by atoms with Gasteiger partial charge in [0.05, 0.1) is 7.11 Å². The van der Waals surface area contributed by atoms with Crippen molar-refractivity contribution in [2.45, 2.75) is 32.4 Å². The zero-order valence-electron chi connectivity index (χ0n) is 16.6. The van der Waals surface area contributed by atoms with E-state index in [4.69, 9.17) is 14.7 Å². The van der Waals surface area contributed by atoms with Gasteiger partial charge in [-0.2, -0.15) is 9.97 Å². The van der Waals surface area contributed by atoms with E-state index in [0.29, 0.717) is 36.6 Å². The zero-order valence-corrected chi connectivity index (χ0v) is 16.6. The van der Waals surface area contributed by atoms with Gasteiger partial charge in [0.25, 0.3) is 5.56 Å². The van der Waals surface area contributed by atoms with Crippen molar-refractivity contribution >= 4 is 29.0 Å². The van der Waals surface area contributed by atoms with Crippen LogP contribution in [-0.4, -0.2) is 70.9 Å². The summed E-state index contributed by atoms with van der Waals surface area (Å²) in [5.74, 6) is 0.956. The molecule has 2 aliphatic heterocycles. The Kier molecular flexibility index (Phi) is 4.96. The molecule has 0 aliphatic carbocycles. The van der Waals surface area contributed by atoms with Gasteiger partial charge in [-0.3, -0.25) is 9.36 Å². The van der Waals surface area contributed by atoms with Crippen molar-refractivity contribution in [2.75, 3.05) is 49.6 Å². The number of anilines is 2. The average molecular weight is 389 g/mol. The van der Waals surface area contributed by atoms with Crippen molar-refractivity contribution in [2.24, 2.45) is 7.05 Å². The first kappa shape index (κ1) is 18.7. The maximum Gasteiger partial charge on any atom is 0.328 e. The van der Waals surface area contributed by atoms with Gasteiger partial charge in [-0.15, -0.1) is 0 Å². The van der Waals surface area contributed by atoms with Crippen molar-refractivity contribution in [3.8, 4) is 0 Å². The molecule has 0 amide bonds. The van der Waals surface area contributed by atoms with Gasteiger partial charge in [0.2, 0.25) is 11.9 Å². The Bertz CT molecular complexity index is 945. The number of carbonyl (C=O) groups excluding carboxylic acids is 1. The van der Waals surface area contributed by atoms with Crippen molar-refractivity contribution in [3.63, 3.8) is 0 Å². The van der Waals surface area contributed by atoms with Crippen LogP contribution in [0.3, 0.4) is 0 Å². The molecule has 4 heterocycles. The molecule has 0 bridgehead atoms. The lowest BCUT2D eigenvalue weighted by molar-refractivity contribution is -0.141. The second-order valence-electron chi connectivity index (χ2n) is 7.22. The molecule has 28 heavy (non-hydrogen) atoms. The van der Waals surface area contributed by atoms with Gasteiger partial charge in [-0.05, 0) is 19.8 Å². The van der Waals surface area contributed by atoms with E-state index in [1.54, 1.807) is 7.05 Å². The lowest BCUT2D eigenvalue weighted by Gasteiger charge is -2.28. The minimum atomic E-state index is -0.415. The smallest absolute Gasteiger partial charge is 0.328 e. The summed E-state index contributed by atoms with van der Waals surface area (Å²) in [5.41, 5.74) is 0.798. The maximum absolute atomic E-state index is 13.2. The number of hydrogen-bond donors (Lipinski definition) is 1. The van der Waals surface area contributed by atoms with E-state index in [1.165, 1.54) is 11.7 Å². The van der Waals surface area contributed by atoms with Gasteiger partial charge in [-0.1, -0.05) is 0 Å². The third-order valence-corrected chi connectivity index (χ3v) is 5.64. The largest absolute Gasteiger partial charge is 0.467 e. The molecule has 2 saturated heterocycles. The number of ether oxygens (including phenoxy) is 1. The summed E-state index contributed by atoms with van der Waals surface area (Å²) in [4.78, 5) is 38.9.